The molecular weight excluding hydrogens is 244 g/mol. The minimum absolute atomic E-state index is 0.0537. The summed E-state index contributed by atoms with van der Waals surface area (Å²) in [6.45, 7) is 3.78. The van der Waals surface area contributed by atoms with Crippen molar-refractivity contribution < 1.29 is 4.74 Å². The van der Waals surface area contributed by atoms with E-state index in [9.17, 15) is 0 Å². The maximum atomic E-state index is 6.66. The molecule has 0 amide bonds. The molecule has 0 saturated carbocycles. The van der Waals surface area contributed by atoms with E-state index in [1.807, 2.05) is 0 Å². The van der Waals surface area contributed by atoms with Crippen molar-refractivity contribution >= 4 is 22.4 Å². The molecule has 1 fully saturated rings. The summed E-state index contributed by atoms with van der Waals surface area (Å²) in [5.74, 6) is 0.442. The topological polar surface area (TPSA) is 9.23 Å². The SMILES string of the molecule is Cc1ccc(C(Cl)C2CCOC2)c2ccccc12. The zero-order valence-electron chi connectivity index (χ0n) is 10.5. The largest absolute Gasteiger partial charge is 0.381 e. The van der Waals surface area contributed by atoms with E-state index >= 15 is 0 Å². The van der Waals surface area contributed by atoms with Gasteiger partial charge in [-0.2, -0.15) is 0 Å². The smallest absolute Gasteiger partial charge is 0.0642 e. The van der Waals surface area contributed by atoms with Gasteiger partial charge < -0.3 is 4.74 Å². The predicted molar refractivity (Wildman–Crippen MR) is 76.2 cm³/mol. The monoisotopic (exact) mass is 260 g/mol. The Hall–Kier alpha value is -1.05. The quantitative estimate of drug-likeness (QED) is 0.724. The first-order valence-electron chi connectivity index (χ1n) is 6.47. The average Bonchev–Trinajstić information content (AvgIpc) is 2.93. The first-order chi connectivity index (χ1) is 8.77. The summed E-state index contributed by atoms with van der Waals surface area (Å²) in [6.07, 6.45) is 1.07. The van der Waals surface area contributed by atoms with Crippen molar-refractivity contribution in [3.8, 4) is 0 Å². The van der Waals surface area contributed by atoms with Gasteiger partial charge in [-0.1, -0.05) is 36.4 Å². The molecule has 2 unspecified atom stereocenters. The van der Waals surface area contributed by atoms with Crippen molar-refractivity contribution in [1.82, 2.24) is 0 Å². The number of hydrogen-bond acceptors (Lipinski definition) is 1. The van der Waals surface area contributed by atoms with Crippen molar-refractivity contribution in [2.75, 3.05) is 13.2 Å². The highest BCUT2D eigenvalue weighted by atomic mass is 35.5. The van der Waals surface area contributed by atoms with Crippen molar-refractivity contribution in [3.63, 3.8) is 0 Å². The molecular formula is C16H17ClO. The fourth-order valence-corrected chi connectivity index (χ4v) is 3.14. The van der Waals surface area contributed by atoms with Crippen LogP contribution in [0.4, 0.5) is 0 Å². The lowest BCUT2D eigenvalue weighted by Gasteiger charge is -2.18. The number of hydrogen-bond donors (Lipinski definition) is 0. The second kappa shape index (κ2) is 4.91. The van der Waals surface area contributed by atoms with Gasteiger partial charge in [-0.3, -0.25) is 0 Å². The lowest BCUT2D eigenvalue weighted by Crippen LogP contribution is -2.08. The zero-order valence-corrected chi connectivity index (χ0v) is 11.3. The third-order valence-electron chi connectivity index (χ3n) is 3.85. The minimum Gasteiger partial charge on any atom is -0.381 e. The second-order valence-corrected chi connectivity index (χ2v) is 5.51. The molecule has 2 heteroatoms. The Balaban J connectivity index is 2.08. The van der Waals surface area contributed by atoms with E-state index in [1.54, 1.807) is 0 Å². The van der Waals surface area contributed by atoms with Gasteiger partial charge in [0.15, 0.2) is 0 Å². The summed E-state index contributed by atoms with van der Waals surface area (Å²) in [7, 11) is 0. The molecule has 2 aromatic carbocycles. The Kier molecular flexibility index (Phi) is 3.27. The molecule has 0 spiro atoms. The first-order valence-corrected chi connectivity index (χ1v) is 6.91. The van der Waals surface area contributed by atoms with E-state index in [0.29, 0.717) is 5.92 Å². The van der Waals surface area contributed by atoms with Crippen LogP contribution in [0.5, 0.6) is 0 Å². The summed E-state index contributed by atoms with van der Waals surface area (Å²) < 4.78 is 5.45. The van der Waals surface area contributed by atoms with Crippen molar-refractivity contribution in [3.05, 3.63) is 47.5 Å². The lowest BCUT2D eigenvalue weighted by atomic mass is 9.92. The Morgan fingerprint density at radius 2 is 1.94 bits per heavy atom. The van der Waals surface area contributed by atoms with Crippen LogP contribution < -0.4 is 0 Å². The summed E-state index contributed by atoms with van der Waals surface area (Å²) >= 11 is 6.66. The van der Waals surface area contributed by atoms with Gasteiger partial charge in [0, 0.05) is 12.5 Å². The molecule has 0 N–H and O–H groups in total. The summed E-state index contributed by atoms with van der Waals surface area (Å²) in [5, 5.41) is 2.64. The van der Waals surface area contributed by atoms with Crippen LogP contribution >= 0.6 is 11.6 Å². The van der Waals surface area contributed by atoms with Crippen LogP contribution in [-0.2, 0) is 4.74 Å². The zero-order chi connectivity index (χ0) is 12.5. The van der Waals surface area contributed by atoms with Crippen LogP contribution in [0.1, 0.15) is 22.9 Å². The van der Waals surface area contributed by atoms with Crippen LogP contribution in [0.2, 0.25) is 0 Å². The second-order valence-electron chi connectivity index (χ2n) is 5.04. The highest BCUT2D eigenvalue weighted by Crippen LogP contribution is 2.38. The third-order valence-corrected chi connectivity index (χ3v) is 4.44. The summed E-state index contributed by atoms with van der Waals surface area (Å²) in [6, 6.07) is 12.9. The number of fused-ring (bicyclic) bond motifs is 1. The molecule has 3 rings (SSSR count). The molecule has 0 aliphatic carbocycles. The van der Waals surface area contributed by atoms with Crippen molar-refractivity contribution in [2.45, 2.75) is 18.7 Å². The number of benzene rings is 2. The Bertz CT molecular complexity index is 558. The molecule has 1 saturated heterocycles. The van der Waals surface area contributed by atoms with Crippen molar-refractivity contribution in [1.29, 1.82) is 0 Å². The highest BCUT2D eigenvalue weighted by molar-refractivity contribution is 6.22. The fraction of sp³-hybridized carbons (Fsp3) is 0.375. The van der Waals surface area contributed by atoms with E-state index in [-0.39, 0.29) is 5.38 Å². The van der Waals surface area contributed by atoms with Crippen LogP contribution in [0, 0.1) is 12.8 Å². The van der Waals surface area contributed by atoms with E-state index in [1.165, 1.54) is 21.9 Å². The van der Waals surface area contributed by atoms with Gasteiger partial charge in [-0.25, -0.2) is 0 Å². The maximum absolute atomic E-state index is 6.66. The lowest BCUT2D eigenvalue weighted by molar-refractivity contribution is 0.185. The molecule has 18 heavy (non-hydrogen) atoms. The predicted octanol–water partition coefficient (Wildman–Crippen LogP) is 4.46. The number of alkyl halides is 1. The van der Waals surface area contributed by atoms with Gasteiger partial charge in [-0.15, -0.1) is 11.6 Å². The van der Waals surface area contributed by atoms with Gasteiger partial charge in [0.25, 0.3) is 0 Å². The summed E-state index contributed by atoms with van der Waals surface area (Å²) in [5.41, 5.74) is 2.55. The Morgan fingerprint density at radius 1 is 1.17 bits per heavy atom. The van der Waals surface area contributed by atoms with E-state index in [4.69, 9.17) is 16.3 Å². The normalized spacial score (nSPS) is 21.3. The summed E-state index contributed by atoms with van der Waals surface area (Å²) in [4.78, 5) is 0. The molecule has 1 nitrogen and oxygen atoms in total. The Labute approximate surface area is 113 Å². The molecule has 1 aliphatic heterocycles. The number of rotatable bonds is 2. The molecule has 94 valence electrons. The van der Waals surface area contributed by atoms with Crippen LogP contribution in [0.3, 0.4) is 0 Å². The van der Waals surface area contributed by atoms with E-state index in [0.717, 1.165) is 19.6 Å². The van der Waals surface area contributed by atoms with Gasteiger partial charge in [0.05, 0.1) is 12.0 Å². The molecule has 0 bridgehead atoms. The number of halogens is 1. The molecule has 1 heterocycles. The molecule has 1 aliphatic rings. The molecule has 0 radical (unpaired) electrons. The van der Waals surface area contributed by atoms with Gasteiger partial charge >= 0.3 is 0 Å². The van der Waals surface area contributed by atoms with E-state index in [2.05, 4.69) is 43.3 Å². The van der Waals surface area contributed by atoms with E-state index < -0.39 is 0 Å². The third kappa shape index (κ3) is 2.02. The minimum atomic E-state index is 0.0537. The van der Waals surface area contributed by atoms with Crippen LogP contribution in [0.15, 0.2) is 36.4 Å². The van der Waals surface area contributed by atoms with Crippen molar-refractivity contribution in [2.24, 2.45) is 5.92 Å². The average molecular weight is 261 g/mol. The molecule has 0 aromatic heterocycles. The van der Waals surface area contributed by atoms with Gasteiger partial charge in [0.2, 0.25) is 0 Å². The standard InChI is InChI=1S/C16H17ClO/c1-11-6-7-15(14-5-3-2-4-13(11)14)16(17)12-8-9-18-10-12/h2-7,12,16H,8-10H2,1H3. The fourth-order valence-electron chi connectivity index (χ4n) is 2.75. The first kappa shape index (κ1) is 12.0. The highest BCUT2D eigenvalue weighted by Gasteiger charge is 2.26. The van der Waals surface area contributed by atoms with Gasteiger partial charge in [-0.05, 0) is 35.2 Å². The number of aryl methyl sites for hydroxylation is 1. The Morgan fingerprint density at radius 3 is 2.67 bits per heavy atom. The molecule has 2 aromatic rings. The van der Waals surface area contributed by atoms with Gasteiger partial charge in [0.1, 0.15) is 0 Å². The molecule has 2 atom stereocenters. The van der Waals surface area contributed by atoms with Crippen LogP contribution in [-0.4, -0.2) is 13.2 Å². The number of ether oxygens (including phenoxy) is 1. The van der Waals surface area contributed by atoms with Crippen LogP contribution in [0.25, 0.3) is 10.8 Å². The maximum Gasteiger partial charge on any atom is 0.0642 e.